The highest BCUT2D eigenvalue weighted by Gasteiger charge is 2.21. The monoisotopic (exact) mass is 337 g/mol. The summed E-state index contributed by atoms with van der Waals surface area (Å²) < 4.78 is 2.02. The van der Waals surface area contributed by atoms with Crippen LogP contribution in [0.2, 0.25) is 0 Å². The highest BCUT2D eigenvalue weighted by atomic mass is 16.1. The van der Waals surface area contributed by atoms with Crippen molar-refractivity contribution in [2.45, 2.75) is 13.8 Å². The molecule has 0 bridgehead atoms. The molecule has 1 aliphatic heterocycles. The number of carbonyl (C=O) groups excluding carboxylic acids is 1. The minimum absolute atomic E-state index is 0.108. The van der Waals surface area contributed by atoms with E-state index in [4.69, 9.17) is 4.98 Å². The first-order valence-corrected chi connectivity index (χ1v) is 8.85. The Morgan fingerprint density at radius 3 is 2.60 bits per heavy atom. The molecule has 130 valence electrons. The van der Waals surface area contributed by atoms with Crippen LogP contribution in [0.4, 0.5) is 5.82 Å². The van der Waals surface area contributed by atoms with Crippen LogP contribution in [0.25, 0.3) is 16.8 Å². The molecule has 0 aliphatic carbocycles. The second-order valence-electron chi connectivity index (χ2n) is 6.94. The van der Waals surface area contributed by atoms with E-state index >= 15 is 0 Å². The number of hydrogen-bond acceptors (Lipinski definition) is 5. The number of rotatable bonds is 4. The molecule has 0 unspecified atom stereocenters. The van der Waals surface area contributed by atoms with Gasteiger partial charge in [0.05, 0.1) is 17.6 Å². The Morgan fingerprint density at radius 1 is 1.08 bits per heavy atom. The van der Waals surface area contributed by atoms with Gasteiger partial charge in [-0.05, 0) is 18.2 Å². The maximum absolute atomic E-state index is 11.9. The van der Waals surface area contributed by atoms with Crippen LogP contribution in [-0.2, 0) is 4.79 Å². The molecule has 0 atom stereocenters. The molecule has 2 aromatic heterocycles. The SMILES string of the molecule is CC(C)C(=O)CN1CCN(c2ccn3c(n2)nc2ccccc23)CC1. The van der Waals surface area contributed by atoms with Gasteiger partial charge in [-0.25, -0.2) is 4.98 Å². The number of benzene rings is 1. The highest BCUT2D eigenvalue weighted by Crippen LogP contribution is 2.19. The molecule has 6 heteroatoms. The molecule has 3 aromatic rings. The summed E-state index contributed by atoms with van der Waals surface area (Å²) in [5, 5.41) is 0. The van der Waals surface area contributed by atoms with Crippen LogP contribution in [0.15, 0.2) is 36.5 Å². The van der Waals surface area contributed by atoms with Gasteiger partial charge in [-0.2, -0.15) is 4.98 Å². The molecule has 0 N–H and O–H groups in total. The lowest BCUT2D eigenvalue weighted by atomic mass is 10.1. The standard InChI is InChI=1S/C19H23N5O/c1-14(2)17(25)13-22-9-11-23(12-10-22)18-7-8-24-16-6-4-3-5-15(16)20-19(24)21-18/h3-8,14H,9-13H2,1-2H3. The van der Waals surface area contributed by atoms with Crippen LogP contribution in [0.5, 0.6) is 0 Å². The van der Waals surface area contributed by atoms with Crippen molar-refractivity contribution in [1.29, 1.82) is 0 Å². The van der Waals surface area contributed by atoms with Crippen molar-refractivity contribution in [1.82, 2.24) is 19.3 Å². The number of para-hydroxylation sites is 2. The summed E-state index contributed by atoms with van der Waals surface area (Å²) in [5.74, 6) is 2.11. The summed E-state index contributed by atoms with van der Waals surface area (Å²) in [5.41, 5.74) is 2.04. The smallest absolute Gasteiger partial charge is 0.236 e. The molecule has 0 spiro atoms. The Morgan fingerprint density at radius 2 is 1.84 bits per heavy atom. The molecular formula is C19H23N5O. The van der Waals surface area contributed by atoms with Gasteiger partial charge in [0.15, 0.2) is 0 Å². The predicted octanol–water partition coefficient (Wildman–Crippen LogP) is 2.23. The van der Waals surface area contributed by atoms with Crippen LogP contribution in [0.3, 0.4) is 0 Å². The number of nitrogens with zero attached hydrogens (tertiary/aromatic N) is 5. The van der Waals surface area contributed by atoms with E-state index in [1.54, 1.807) is 0 Å². The molecule has 0 amide bonds. The van der Waals surface area contributed by atoms with Gasteiger partial charge >= 0.3 is 0 Å². The van der Waals surface area contributed by atoms with Crippen LogP contribution >= 0.6 is 0 Å². The van der Waals surface area contributed by atoms with Crippen LogP contribution < -0.4 is 4.90 Å². The number of carbonyl (C=O) groups is 1. The van der Waals surface area contributed by atoms with E-state index in [0.29, 0.717) is 12.3 Å². The van der Waals surface area contributed by atoms with Crippen molar-refractivity contribution in [2.75, 3.05) is 37.6 Å². The van der Waals surface area contributed by atoms with Gasteiger partial charge in [0.25, 0.3) is 0 Å². The number of imidazole rings is 1. The largest absolute Gasteiger partial charge is 0.354 e. The maximum Gasteiger partial charge on any atom is 0.236 e. The molecule has 1 fully saturated rings. The average Bonchev–Trinajstić information content (AvgIpc) is 3.00. The third-order valence-corrected chi connectivity index (χ3v) is 4.88. The van der Waals surface area contributed by atoms with Crippen molar-refractivity contribution in [2.24, 2.45) is 5.92 Å². The molecule has 1 saturated heterocycles. The van der Waals surface area contributed by atoms with Crippen LogP contribution in [0, 0.1) is 5.92 Å². The minimum atomic E-state index is 0.108. The molecule has 1 aliphatic rings. The summed E-state index contributed by atoms with van der Waals surface area (Å²) in [6, 6.07) is 10.1. The number of Topliss-reactive ketones (excluding diaryl/α,β-unsaturated/α-hetero) is 1. The number of piperazine rings is 1. The Balaban J connectivity index is 1.49. The summed E-state index contributed by atoms with van der Waals surface area (Å²) in [6.07, 6.45) is 2.04. The van der Waals surface area contributed by atoms with E-state index in [1.807, 2.05) is 42.6 Å². The lowest BCUT2D eigenvalue weighted by Gasteiger charge is -2.35. The van der Waals surface area contributed by atoms with E-state index in [2.05, 4.69) is 26.9 Å². The Hall–Kier alpha value is -2.47. The fourth-order valence-corrected chi connectivity index (χ4v) is 3.25. The summed E-state index contributed by atoms with van der Waals surface area (Å²) in [6.45, 7) is 8.04. The first-order valence-electron chi connectivity index (χ1n) is 8.85. The number of anilines is 1. The van der Waals surface area contributed by atoms with Gasteiger partial charge in [0.2, 0.25) is 5.78 Å². The molecular weight excluding hydrogens is 314 g/mol. The van der Waals surface area contributed by atoms with Gasteiger partial charge in [0, 0.05) is 38.3 Å². The van der Waals surface area contributed by atoms with Crippen LogP contribution in [0.1, 0.15) is 13.8 Å². The first-order chi connectivity index (χ1) is 12.1. The zero-order valence-electron chi connectivity index (χ0n) is 14.7. The highest BCUT2D eigenvalue weighted by molar-refractivity contribution is 5.82. The van der Waals surface area contributed by atoms with Gasteiger partial charge in [-0.1, -0.05) is 26.0 Å². The quantitative estimate of drug-likeness (QED) is 0.731. The Labute approximate surface area is 147 Å². The molecule has 6 nitrogen and oxygen atoms in total. The van der Waals surface area contributed by atoms with E-state index in [1.165, 1.54) is 0 Å². The van der Waals surface area contributed by atoms with Gasteiger partial charge in [-0.3, -0.25) is 14.1 Å². The Bertz CT molecular complexity index is 908. The van der Waals surface area contributed by atoms with E-state index in [0.717, 1.165) is 48.8 Å². The molecule has 4 rings (SSSR count). The summed E-state index contributed by atoms with van der Waals surface area (Å²) in [4.78, 5) is 25.8. The average molecular weight is 337 g/mol. The third kappa shape index (κ3) is 3.09. The maximum atomic E-state index is 11.9. The molecule has 0 radical (unpaired) electrons. The zero-order valence-corrected chi connectivity index (χ0v) is 14.7. The topological polar surface area (TPSA) is 53.7 Å². The van der Waals surface area contributed by atoms with Crippen molar-refractivity contribution in [3.63, 3.8) is 0 Å². The van der Waals surface area contributed by atoms with Crippen molar-refractivity contribution < 1.29 is 4.79 Å². The number of hydrogen-bond donors (Lipinski definition) is 0. The number of ketones is 1. The number of aromatic nitrogens is 3. The van der Waals surface area contributed by atoms with Gasteiger partial charge in [0.1, 0.15) is 11.6 Å². The lowest BCUT2D eigenvalue weighted by Crippen LogP contribution is -2.48. The van der Waals surface area contributed by atoms with Crippen molar-refractivity contribution in [3.8, 4) is 0 Å². The minimum Gasteiger partial charge on any atom is -0.354 e. The van der Waals surface area contributed by atoms with Gasteiger partial charge < -0.3 is 4.90 Å². The molecule has 0 saturated carbocycles. The first kappa shape index (κ1) is 16.0. The fourth-order valence-electron chi connectivity index (χ4n) is 3.25. The second kappa shape index (κ2) is 6.44. The predicted molar refractivity (Wildman–Crippen MR) is 99.0 cm³/mol. The van der Waals surface area contributed by atoms with Crippen molar-refractivity contribution in [3.05, 3.63) is 36.5 Å². The third-order valence-electron chi connectivity index (χ3n) is 4.88. The van der Waals surface area contributed by atoms with E-state index in [9.17, 15) is 4.79 Å². The van der Waals surface area contributed by atoms with E-state index < -0.39 is 0 Å². The molecule has 25 heavy (non-hydrogen) atoms. The summed E-state index contributed by atoms with van der Waals surface area (Å²) in [7, 11) is 0. The fraction of sp³-hybridized carbons (Fsp3) is 0.421. The lowest BCUT2D eigenvalue weighted by molar-refractivity contribution is -0.123. The molecule has 3 heterocycles. The van der Waals surface area contributed by atoms with Gasteiger partial charge in [-0.15, -0.1) is 0 Å². The number of fused-ring (bicyclic) bond motifs is 3. The Kier molecular flexibility index (Phi) is 4.13. The molecule has 1 aromatic carbocycles. The van der Waals surface area contributed by atoms with Crippen LogP contribution in [-0.4, -0.2) is 57.8 Å². The zero-order chi connectivity index (χ0) is 17.4. The summed E-state index contributed by atoms with van der Waals surface area (Å²) >= 11 is 0. The second-order valence-corrected chi connectivity index (χ2v) is 6.94. The van der Waals surface area contributed by atoms with E-state index in [-0.39, 0.29) is 5.92 Å². The van der Waals surface area contributed by atoms with Crippen molar-refractivity contribution >= 4 is 28.4 Å². The normalized spacial score (nSPS) is 16.2.